The van der Waals surface area contributed by atoms with Gasteiger partial charge in [0, 0.05) is 32.2 Å². The van der Waals surface area contributed by atoms with Gasteiger partial charge < -0.3 is 14.5 Å². The lowest BCUT2D eigenvalue weighted by Gasteiger charge is -2.36. The number of hydrogen-bond donors (Lipinski definition) is 0. The fourth-order valence-corrected chi connectivity index (χ4v) is 2.55. The van der Waals surface area contributed by atoms with E-state index in [1.54, 1.807) is 17.2 Å². The van der Waals surface area contributed by atoms with Crippen molar-refractivity contribution in [2.75, 3.05) is 31.1 Å². The molecule has 2 aromatic rings. The van der Waals surface area contributed by atoms with Crippen LogP contribution in [0.1, 0.15) is 20.8 Å². The molecule has 0 aromatic carbocycles. The normalized spacial score (nSPS) is 16.0. The Hall–Kier alpha value is -2.38. The van der Waals surface area contributed by atoms with Crippen LogP contribution in [0.3, 0.4) is 0 Å². The van der Waals surface area contributed by atoms with Crippen LogP contribution in [0, 0.1) is 5.82 Å². The third-order valence-electron chi connectivity index (χ3n) is 3.58. The van der Waals surface area contributed by atoms with Gasteiger partial charge in [-0.1, -0.05) is 0 Å². The minimum Gasteiger partial charge on any atom is -0.444 e. The van der Waals surface area contributed by atoms with Crippen LogP contribution >= 0.6 is 0 Å². The first-order chi connectivity index (χ1) is 10.8. The highest BCUT2D eigenvalue weighted by Crippen LogP contribution is 2.21. The number of aromatic nitrogens is 3. The summed E-state index contributed by atoms with van der Waals surface area (Å²) >= 11 is 0. The van der Waals surface area contributed by atoms with Crippen molar-refractivity contribution in [2.24, 2.45) is 0 Å². The molecule has 0 spiro atoms. The van der Waals surface area contributed by atoms with E-state index in [2.05, 4.69) is 10.1 Å². The average Bonchev–Trinajstić information content (AvgIpc) is 2.94. The number of hydrogen-bond acceptors (Lipinski definition) is 5. The minimum absolute atomic E-state index is 0.336. The van der Waals surface area contributed by atoms with Gasteiger partial charge in [0.1, 0.15) is 5.60 Å². The van der Waals surface area contributed by atoms with Crippen LogP contribution in [-0.2, 0) is 4.74 Å². The van der Waals surface area contributed by atoms with Gasteiger partial charge in [0.05, 0.1) is 12.4 Å². The molecule has 3 heterocycles. The molecule has 1 aliphatic rings. The maximum atomic E-state index is 14.2. The summed E-state index contributed by atoms with van der Waals surface area (Å²) < 4.78 is 21.0. The van der Waals surface area contributed by atoms with Crippen molar-refractivity contribution in [3.63, 3.8) is 0 Å². The molecule has 0 unspecified atom stereocenters. The van der Waals surface area contributed by atoms with Crippen LogP contribution in [-0.4, -0.2) is 57.4 Å². The number of fused-ring (bicyclic) bond motifs is 1. The largest absolute Gasteiger partial charge is 0.444 e. The maximum Gasteiger partial charge on any atom is 0.410 e. The zero-order valence-electron chi connectivity index (χ0n) is 13.5. The van der Waals surface area contributed by atoms with E-state index in [1.165, 1.54) is 10.7 Å². The second kappa shape index (κ2) is 5.68. The van der Waals surface area contributed by atoms with Crippen LogP contribution in [0.15, 0.2) is 18.5 Å². The smallest absolute Gasteiger partial charge is 0.410 e. The monoisotopic (exact) mass is 321 g/mol. The molecule has 124 valence electrons. The van der Waals surface area contributed by atoms with Gasteiger partial charge in [-0.05, 0) is 20.8 Å². The zero-order valence-corrected chi connectivity index (χ0v) is 13.5. The Labute approximate surface area is 133 Å². The predicted octanol–water partition coefficient (Wildman–Crippen LogP) is 1.93. The summed E-state index contributed by atoms with van der Waals surface area (Å²) in [6.07, 6.45) is 2.45. The molecule has 0 N–H and O–H groups in total. The number of piperazine rings is 1. The molecule has 0 radical (unpaired) electrons. The summed E-state index contributed by atoms with van der Waals surface area (Å²) in [5, 5.41) is 4.12. The van der Waals surface area contributed by atoms with Crippen molar-refractivity contribution in [1.29, 1.82) is 0 Å². The van der Waals surface area contributed by atoms with Gasteiger partial charge in [-0.2, -0.15) is 9.61 Å². The lowest BCUT2D eigenvalue weighted by Crippen LogP contribution is -2.50. The summed E-state index contributed by atoms with van der Waals surface area (Å²) in [4.78, 5) is 19.6. The van der Waals surface area contributed by atoms with E-state index in [9.17, 15) is 9.18 Å². The lowest BCUT2D eigenvalue weighted by molar-refractivity contribution is 0.0240. The van der Waals surface area contributed by atoms with E-state index in [1.807, 2.05) is 25.7 Å². The SMILES string of the molecule is CC(C)(C)OC(=O)N1CCN(c2c(F)cnc3ccnn23)CC1. The number of anilines is 1. The first-order valence-electron chi connectivity index (χ1n) is 7.56. The van der Waals surface area contributed by atoms with Gasteiger partial charge in [0.2, 0.25) is 0 Å². The van der Waals surface area contributed by atoms with E-state index in [0.717, 1.165) is 0 Å². The van der Waals surface area contributed by atoms with Gasteiger partial charge in [-0.25, -0.2) is 14.2 Å². The average molecular weight is 321 g/mol. The number of carbonyl (C=O) groups excluding carboxylic acids is 1. The van der Waals surface area contributed by atoms with Crippen molar-refractivity contribution >= 4 is 17.6 Å². The molecule has 0 atom stereocenters. The molecule has 0 aliphatic carbocycles. The van der Waals surface area contributed by atoms with Gasteiger partial charge in [-0.15, -0.1) is 0 Å². The quantitative estimate of drug-likeness (QED) is 0.803. The number of carbonyl (C=O) groups is 1. The molecule has 0 saturated carbocycles. The van der Waals surface area contributed by atoms with Crippen molar-refractivity contribution in [3.8, 4) is 0 Å². The van der Waals surface area contributed by atoms with Crippen molar-refractivity contribution in [2.45, 2.75) is 26.4 Å². The second-order valence-corrected chi connectivity index (χ2v) is 6.49. The van der Waals surface area contributed by atoms with Crippen LogP contribution < -0.4 is 4.90 Å². The number of halogens is 1. The fraction of sp³-hybridized carbons (Fsp3) is 0.533. The minimum atomic E-state index is -0.521. The van der Waals surface area contributed by atoms with Crippen LogP contribution in [0.2, 0.25) is 0 Å². The van der Waals surface area contributed by atoms with E-state index in [-0.39, 0.29) is 6.09 Å². The van der Waals surface area contributed by atoms with E-state index >= 15 is 0 Å². The Morgan fingerprint density at radius 1 is 1.26 bits per heavy atom. The van der Waals surface area contributed by atoms with Gasteiger partial charge in [0.25, 0.3) is 0 Å². The summed E-state index contributed by atoms with van der Waals surface area (Å²) in [6.45, 7) is 7.47. The zero-order chi connectivity index (χ0) is 16.6. The molecule has 0 bridgehead atoms. The number of rotatable bonds is 1. The lowest BCUT2D eigenvalue weighted by atomic mass is 10.2. The van der Waals surface area contributed by atoms with Crippen molar-refractivity contribution in [1.82, 2.24) is 19.5 Å². The summed E-state index contributed by atoms with van der Waals surface area (Å²) in [5.74, 6) is -0.0456. The molecule has 7 nitrogen and oxygen atoms in total. The number of ether oxygens (including phenoxy) is 1. The first-order valence-corrected chi connectivity index (χ1v) is 7.56. The molecule has 1 fully saturated rings. The Morgan fingerprint density at radius 2 is 1.96 bits per heavy atom. The summed E-state index contributed by atoms with van der Waals surface area (Å²) in [5.41, 5.74) is 0.0723. The predicted molar refractivity (Wildman–Crippen MR) is 83.0 cm³/mol. The topological polar surface area (TPSA) is 63.0 Å². The molecule has 1 aliphatic heterocycles. The highest BCUT2D eigenvalue weighted by atomic mass is 19.1. The van der Waals surface area contributed by atoms with Crippen LogP contribution in [0.4, 0.5) is 15.0 Å². The third-order valence-corrected chi connectivity index (χ3v) is 3.58. The molecular formula is C15H20FN5O2. The molecule has 1 amide bonds. The van der Waals surface area contributed by atoms with Gasteiger partial charge in [-0.3, -0.25) is 0 Å². The molecule has 2 aromatic heterocycles. The van der Waals surface area contributed by atoms with Crippen LogP contribution in [0.5, 0.6) is 0 Å². The number of amides is 1. The van der Waals surface area contributed by atoms with Gasteiger partial charge in [0.15, 0.2) is 17.3 Å². The molecule has 3 rings (SSSR count). The van der Waals surface area contributed by atoms with Crippen molar-refractivity contribution < 1.29 is 13.9 Å². The molecule has 1 saturated heterocycles. The second-order valence-electron chi connectivity index (χ2n) is 6.49. The van der Waals surface area contributed by atoms with Crippen LogP contribution in [0.25, 0.3) is 5.65 Å². The Kier molecular flexibility index (Phi) is 3.83. The van der Waals surface area contributed by atoms with E-state index < -0.39 is 11.4 Å². The standard InChI is InChI=1S/C15H20FN5O2/c1-15(2,3)23-14(22)20-8-6-19(7-9-20)13-11(16)10-17-12-4-5-18-21(12)13/h4-5,10H,6-9H2,1-3H3. The summed E-state index contributed by atoms with van der Waals surface area (Å²) in [6, 6.07) is 1.72. The Morgan fingerprint density at radius 3 is 2.61 bits per heavy atom. The molecule has 23 heavy (non-hydrogen) atoms. The summed E-state index contributed by atoms with van der Waals surface area (Å²) in [7, 11) is 0. The van der Waals surface area contributed by atoms with E-state index in [4.69, 9.17) is 4.74 Å². The van der Waals surface area contributed by atoms with Gasteiger partial charge >= 0.3 is 6.09 Å². The highest BCUT2D eigenvalue weighted by Gasteiger charge is 2.28. The Balaban J connectivity index is 1.72. The van der Waals surface area contributed by atoms with E-state index in [0.29, 0.717) is 37.6 Å². The third kappa shape index (κ3) is 3.20. The molecule has 8 heteroatoms. The highest BCUT2D eigenvalue weighted by molar-refractivity contribution is 5.68. The fourth-order valence-electron chi connectivity index (χ4n) is 2.55. The van der Waals surface area contributed by atoms with Crippen molar-refractivity contribution in [3.05, 3.63) is 24.3 Å². The number of nitrogens with zero attached hydrogens (tertiary/aromatic N) is 5. The Bertz CT molecular complexity index is 716. The molecular weight excluding hydrogens is 301 g/mol. The maximum absolute atomic E-state index is 14.2. The first kappa shape index (κ1) is 15.5.